The van der Waals surface area contributed by atoms with Gasteiger partial charge in [0.15, 0.2) is 6.04 Å². The Morgan fingerprint density at radius 1 is 1.48 bits per heavy atom. The highest BCUT2D eigenvalue weighted by Gasteiger charge is 2.44. The standard InChI is InChI=1S/C13H18IN3O4/c1-5-20-11(18)9-8-7(10(14)16-15-8)6-17(9)12(19)21-13(2,3)4/h9H,5-6H2,1-4H3,(H,15,16). The minimum atomic E-state index is -0.828. The summed E-state index contributed by atoms with van der Waals surface area (Å²) >= 11 is 2.06. The zero-order valence-corrected chi connectivity index (χ0v) is 14.6. The fourth-order valence-electron chi connectivity index (χ4n) is 2.11. The van der Waals surface area contributed by atoms with Gasteiger partial charge in [-0.15, -0.1) is 0 Å². The number of nitrogens with zero attached hydrogens (tertiary/aromatic N) is 2. The van der Waals surface area contributed by atoms with Crippen molar-refractivity contribution in [2.45, 2.75) is 45.9 Å². The molecule has 0 bridgehead atoms. The molecule has 1 unspecified atom stereocenters. The first kappa shape index (κ1) is 16.1. The van der Waals surface area contributed by atoms with Gasteiger partial charge in [0.1, 0.15) is 9.30 Å². The molecule has 1 N–H and O–H groups in total. The first-order valence-corrected chi connectivity index (χ1v) is 7.71. The highest BCUT2D eigenvalue weighted by atomic mass is 127. The van der Waals surface area contributed by atoms with E-state index in [2.05, 4.69) is 32.8 Å². The summed E-state index contributed by atoms with van der Waals surface area (Å²) in [6, 6.07) is -0.828. The molecule has 0 fully saturated rings. The molecule has 1 aromatic rings. The SMILES string of the molecule is CCOC(=O)C1c2[nH]nc(I)c2CN1C(=O)OC(C)(C)C. The second-order valence-electron chi connectivity index (χ2n) is 5.67. The smallest absolute Gasteiger partial charge is 0.411 e. The van der Waals surface area contributed by atoms with Gasteiger partial charge in [0, 0.05) is 5.56 Å². The summed E-state index contributed by atoms with van der Waals surface area (Å²) in [7, 11) is 0. The summed E-state index contributed by atoms with van der Waals surface area (Å²) in [6.45, 7) is 7.60. The molecule has 1 amide bonds. The van der Waals surface area contributed by atoms with Crippen LogP contribution in [0.2, 0.25) is 0 Å². The molecule has 0 radical (unpaired) electrons. The Morgan fingerprint density at radius 2 is 2.14 bits per heavy atom. The Labute approximate surface area is 136 Å². The first-order chi connectivity index (χ1) is 9.74. The van der Waals surface area contributed by atoms with Crippen molar-refractivity contribution in [2.75, 3.05) is 6.61 Å². The Hall–Kier alpha value is -1.32. The van der Waals surface area contributed by atoms with Gasteiger partial charge in [-0.25, -0.2) is 9.59 Å². The lowest BCUT2D eigenvalue weighted by Crippen LogP contribution is -2.39. The van der Waals surface area contributed by atoms with Crippen LogP contribution in [0.3, 0.4) is 0 Å². The molecule has 21 heavy (non-hydrogen) atoms. The maximum absolute atomic E-state index is 12.3. The molecule has 0 aromatic carbocycles. The third kappa shape index (κ3) is 3.30. The molecule has 0 saturated carbocycles. The number of aromatic nitrogens is 2. The number of aromatic amines is 1. The maximum atomic E-state index is 12.3. The van der Waals surface area contributed by atoms with E-state index >= 15 is 0 Å². The lowest BCUT2D eigenvalue weighted by atomic mass is 10.2. The minimum Gasteiger partial charge on any atom is -0.464 e. The van der Waals surface area contributed by atoms with Crippen LogP contribution in [0.4, 0.5) is 4.79 Å². The number of nitrogens with one attached hydrogen (secondary N) is 1. The maximum Gasteiger partial charge on any atom is 0.411 e. The summed E-state index contributed by atoms with van der Waals surface area (Å²) < 4.78 is 11.2. The summed E-state index contributed by atoms with van der Waals surface area (Å²) in [4.78, 5) is 25.9. The van der Waals surface area contributed by atoms with E-state index < -0.39 is 23.7 Å². The van der Waals surface area contributed by atoms with Crippen molar-refractivity contribution >= 4 is 34.7 Å². The van der Waals surface area contributed by atoms with E-state index in [1.54, 1.807) is 27.7 Å². The summed E-state index contributed by atoms with van der Waals surface area (Å²) in [5.41, 5.74) is 0.807. The summed E-state index contributed by atoms with van der Waals surface area (Å²) in [5.74, 6) is -0.484. The molecule has 2 heterocycles. The normalized spacial score (nSPS) is 17.6. The van der Waals surface area contributed by atoms with Crippen LogP contribution in [0.15, 0.2) is 0 Å². The molecule has 1 aliphatic rings. The lowest BCUT2D eigenvalue weighted by molar-refractivity contribution is -0.149. The average molecular weight is 407 g/mol. The number of rotatable bonds is 2. The number of fused-ring (bicyclic) bond motifs is 1. The second-order valence-corrected chi connectivity index (χ2v) is 6.69. The number of halogens is 1. The van der Waals surface area contributed by atoms with Crippen LogP contribution in [-0.4, -0.2) is 39.4 Å². The van der Waals surface area contributed by atoms with Gasteiger partial charge in [0.25, 0.3) is 0 Å². The van der Waals surface area contributed by atoms with Crippen LogP contribution < -0.4 is 0 Å². The summed E-state index contributed by atoms with van der Waals surface area (Å²) in [5, 5.41) is 6.89. The molecule has 116 valence electrons. The molecule has 1 aliphatic heterocycles. The van der Waals surface area contributed by atoms with E-state index in [4.69, 9.17) is 9.47 Å². The number of hydrogen-bond donors (Lipinski definition) is 1. The van der Waals surface area contributed by atoms with Crippen molar-refractivity contribution in [3.8, 4) is 0 Å². The van der Waals surface area contributed by atoms with Crippen molar-refractivity contribution in [2.24, 2.45) is 0 Å². The quantitative estimate of drug-likeness (QED) is 0.601. The molecule has 8 heteroatoms. The largest absolute Gasteiger partial charge is 0.464 e. The van der Waals surface area contributed by atoms with Gasteiger partial charge >= 0.3 is 12.1 Å². The number of esters is 1. The van der Waals surface area contributed by atoms with E-state index in [1.165, 1.54) is 4.90 Å². The molecule has 0 spiro atoms. The van der Waals surface area contributed by atoms with Crippen LogP contribution in [-0.2, 0) is 20.8 Å². The number of ether oxygens (including phenoxy) is 2. The van der Waals surface area contributed by atoms with Gasteiger partial charge < -0.3 is 9.47 Å². The van der Waals surface area contributed by atoms with Crippen LogP contribution in [0, 0.1) is 3.70 Å². The number of H-pyrrole nitrogens is 1. The molecular formula is C13H18IN3O4. The fraction of sp³-hybridized carbons (Fsp3) is 0.615. The monoisotopic (exact) mass is 407 g/mol. The van der Waals surface area contributed by atoms with Crippen molar-refractivity contribution in [1.82, 2.24) is 15.1 Å². The van der Waals surface area contributed by atoms with Crippen LogP contribution in [0.25, 0.3) is 0 Å². The van der Waals surface area contributed by atoms with E-state index in [0.717, 1.165) is 9.26 Å². The van der Waals surface area contributed by atoms with Gasteiger partial charge in [0.2, 0.25) is 0 Å². The third-order valence-corrected chi connectivity index (χ3v) is 3.79. The number of carbonyl (C=O) groups excluding carboxylic acids is 2. The van der Waals surface area contributed by atoms with Gasteiger partial charge in [-0.05, 0) is 50.3 Å². The lowest BCUT2D eigenvalue weighted by Gasteiger charge is -2.27. The fourth-order valence-corrected chi connectivity index (χ4v) is 2.69. The molecule has 1 aromatic heterocycles. The Bertz CT molecular complexity index is 564. The van der Waals surface area contributed by atoms with E-state index in [1.807, 2.05) is 0 Å². The molecular weight excluding hydrogens is 389 g/mol. The molecule has 0 aliphatic carbocycles. The van der Waals surface area contributed by atoms with Crippen LogP contribution in [0.1, 0.15) is 45.0 Å². The molecule has 0 saturated heterocycles. The number of amides is 1. The average Bonchev–Trinajstić information content (AvgIpc) is 2.88. The van der Waals surface area contributed by atoms with Crippen molar-refractivity contribution < 1.29 is 19.1 Å². The van der Waals surface area contributed by atoms with Crippen LogP contribution in [0.5, 0.6) is 0 Å². The van der Waals surface area contributed by atoms with Gasteiger partial charge in [-0.1, -0.05) is 0 Å². The Morgan fingerprint density at radius 3 is 2.71 bits per heavy atom. The summed E-state index contributed by atoms with van der Waals surface area (Å²) in [6.07, 6.45) is -0.541. The predicted octanol–water partition coefficient (Wildman–Crippen LogP) is 2.37. The second kappa shape index (κ2) is 5.82. The zero-order chi connectivity index (χ0) is 15.8. The van der Waals surface area contributed by atoms with E-state index in [-0.39, 0.29) is 13.2 Å². The topological polar surface area (TPSA) is 84.5 Å². The molecule has 2 rings (SSSR count). The van der Waals surface area contributed by atoms with Gasteiger partial charge in [-0.3, -0.25) is 10.00 Å². The third-order valence-electron chi connectivity index (χ3n) is 2.90. The van der Waals surface area contributed by atoms with Crippen molar-refractivity contribution in [3.05, 3.63) is 15.0 Å². The molecule has 1 atom stereocenters. The zero-order valence-electron chi connectivity index (χ0n) is 12.4. The first-order valence-electron chi connectivity index (χ1n) is 6.63. The highest BCUT2D eigenvalue weighted by Crippen LogP contribution is 2.36. The van der Waals surface area contributed by atoms with E-state index in [0.29, 0.717) is 5.69 Å². The number of carbonyl (C=O) groups is 2. The molecule has 7 nitrogen and oxygen atoms in total. The highest BCUT2D eigenvalue weighted by molar-refractivity contribution is 14.1. The van der Waals surface area contributed by atoms with Gasteiger partial charge in [0.05, 0.1) is 18.8 Å². The Kier molecular flexibility index (Phi) is 4.45. The Balaban J connectivity index is 2.29. The van der Waals surface area contributed by atoms with Crippen LogP contribution >= 0.6 is 22.6 Å². The van der Waals surface area contributed by atoms with Crippen molar-refractivity contribution in [3.63, 3.8) is 0 Å². The van der Waals surface area contributed by atoms with E-state index in [9.17, 15) is 9.59 Å². The minimum absolute atomic E-state index is 0.248. The van der Waals surface area contributed by atoms with Gasteiger partial charge in [-0.2, -0.15) is 5.10 Å². The predicted molar refractivity (Wildman–Crippen MR) is 82.5 cm³/mol. The number of hydrogen-bond acceptors (Lipinski definition) is 5. The van der Waals surface area contributed by atoms with Crippen molar-refractivity contribution in [1.29, 1.82) is 0 Å².